The fraction of sp³-hybridized carbons (Fsp3) is 0.471. The molecular formula is C17H24FN3O. The van der Waals surface area contributed by atoms with Crippen LogP contribution in [0.15, 0.2) is 35.2 Å². The van der Waals surface area contributed by atoms with Crippen molar-refractivity contribution in [3.8, 4) is 0 Å². The number of aromatic nitrogens is 1. The lowest BCUT2D eigenvalue weighted by atomic mass is 9.96. The SMILES string of the molecule is CC(C=O)=NC(=CNCCF)C(C)c1ccnc(C(C)C)c1. The lowest BCUT2D eigenvalue weighted by Crippen LogP contribution is -2.12. The Bertz CT molecular complexity index is 553. The minimum Gasteiger partial charge on any atom is -0.387 e. The summed E-state index contributed by atoms with van der Waals surface area (Å²) in [5.74, 6) is 0.312. The molecular weight excluding hydrogens is 281 g/mol. The van der Waals surface area contributed by atoms with Crippen molar-refractivity contribution in [2.45, 2.75) is 39.5 Å². The van der Waals surface area contributed by atoms with Gasteiger partial charge in [0.25, 0.3) is 0 Å². The molecule has 1 unspecified atom stereocenters. The van der Waals surface area contributed by atoms with E-state index in [2.05, 4.69) is 29.1 Å². The maximum absolute atomic E-state index is 12.2. The molecule has 1 aromatic heterocycles. The number of halogens is 1. The van der Waals surface area contributed by atoms with Gasteiger partial charge in [-0.2, -0.15) is 0 Å². The van der Waals surface area contributed by atoms with Crippen molar-refractivity contribution in [2.75, 3.05) is 13.2 Å². The Balaban J connectivity index is 3.10. The zero-order valence-electron chi connectivity index (χ0n) is 13.6. The Hall–Kier alpha value is -2.04. The van der Waals surface area contributed by atoms with Crippen LogP contribution in [0.5, 0.6) is 0 Å². The van der Waals surface area contributed by atoms with Gasteiger partial charge in [0.15, 0.2) is 6.29 Å². The molecule has 1 rings (SSSR count). The molecule has 22 heavy (non-hydrogen) atoms. The second-order valence-corrected chi connectivity index (χ2v) is 5.47. The molecule has 0 aromatic carbocycles. The minimum absolute atomic E-state index is 0.0255. The van der Waals surface area contributed by atoms with Crippen LogP contribution in [0.3, 0.4) is 0 Å². The number of allylic oxidation sites excluding steroid dienone is 1. The molecule has 0 aliphatic rings. The third-order valence-corrected chi connectivity index (χ3v) is 3.31. The van der Waals surface area contributed by atoms with Crippen LogP contribution in [0.1, 0.15) is 50.8 Å². The van der Waals surface area contributed by atoms with E-state index in [1.165, 1.54) is 0 Å². The van der Waals surface area contributed by atoms with Crippen molar-refractivity contribution in [1.82, 2.24) is 10.3 Å². The molecule has 120 valence electrons. The number of hydrogen-bond acceptors (Lipinski definition) is 4. The predicted molar refractivity (Wildman–Crippen MR) is 88.0 cm³/mol. The number of nitrogens with one attached hydrogen (secondary N) is 1. The first kappa shape index (κ1) is 18.0. The van der Waals surface area contributed by atoms with E-state index in [1.807, 2.05) is 19.1 Å². The highest BCUT2D eigenvalue weighted by Gasteiger charge is 2.13. The molecule has 0 aliphatic carbocycles. The molecule has 0 saturated heterocycles. The van der Waals surface area contributed by atoms with E-state index in [4.69, 9.17) is 0 Å². The van der Waals surface area contributed by atoms with Gasteiger partial charge in [-0.15, -0.1) is 0 Å². The molecule has 1 heterocycles. The lowest BCUT2D eigenvalue weighted by molar-refractivity contribution is -0.102. The van der Waals surface area contributed by atoms with Gasteiger partial charge < -0.3 is 5.32 Å². The van der Waals surface area contributed by atoms with Gasteiger partial charge in [0, 0.05) is 30.6 Å². The number of alkyl halides is 1. The molecule has 0 fully saturated rings. The summed E-state index contributed by atoms with van der Waals surface area (Å²) in [6, 6.07) is 3.98. The quantitative estimate of drug-likeness (QED) is 0.455. The summed E-state index contributed by atoms with van der Waals surface area (Å²) in [5, 5.41) is 2.88. The summed E-state index contributed by atoms with van der Waals surface area (Å²) in [5.41, 5.74) is 3.16. The van der Waals surface area contributed by atoms with Crippen LogP contribution < -0.4 is 5.32 Å². The molecule has 1 aromatic rings. The molecule has 0 spiro atoms. The van der Waals surface area contributed by atoms with Crippen LogP contribution >= 0.6 is 0 Å². The van der Waals surface area contributed by atoms with Gasteiger partial charge in [-0.25, -0.2) is 4.39 Å². The van der Waals surface area contributed by atoms with E-state index in [0.29, 0.717) is 23.6 Å². The molecule has 0 amide bonds. The monoisotopic (exact) mass is 305 g/mol. The summed E-state index contributed by atoms with van der Waals surface area (Å²) in [6.07, 6.45) is 4.17. The van der Waals surface area contributed by atoms with Crippen LogP contribution in [-0.4, -0.2) is 30.2 Å². The Morgan fingerprint density at radius 1 is 1.45 bits per heavy atom. The number of carbonyl (C=O) groups excluding carboxylic acids is 1. The van der Waals surface area contributed by atoms with Gasteiger partial charge in [-0.05, 0) is 30.5 Å². The van der Waals surface area contributed by atoms with Crippen LogP contribution in [0, 0.1) is 0 Å². The smallest absolute Gasteiger partial charge is 0.163 e. The Morgan fingerprint density at radius 2 is 2.18 bits per heavy atom. The zero-order chi connectivity index (χ0) is 16.5. The summed E-state index contributed by atoms with van der Waals surface area (Å²) in [4.78, 5) is 19.5. The van der Waals surface area contributed by atoms with E-state index < -0.39 is 6.67 Å². The topological polar surface area (TPSA) is 54.4 Å². The third-order valence-electron chi connectivity index (χ3n) is 3.31. The maximum Gasteiger partial charge on any atom is 0.163 e. The Labute approximate surface area is 131 Å². The van der Waals surface area contributed by atoms with Crippen LogP contribution in [0.4, 0.5) is 4.39 Å². The van der Waals surface area contributed by atoms with E-state index in [9.17, 15) is 9.18 Å². The fourth-order valence-electron chi connectivity index (χ4n) is 1.94. The van der Waals surface area contributed by atoms with Gasteiger partial charge in [0.05, 0.1) is 11.4 Å². The van der Waals surface area contributed by atoms with E-state index in [1.54, 1.807) is 19.3 Å². The molecule has 5 heteroatoms. The van der Waals surface area contributed by atoms with Gasteiger partial charge in [-0.1, -0.05) is 20.8 Å². The second kappa shape index (κ2) is 9.07. The number of nitrogens with zero attached hydrogens (tertiary/aromatic N) is 2. The van der Waals surface area contributed by atoms with Gasteiger partial charge in [-0.3, -0.25) is 14.8 Å². The predicted octanol–water partition coefficient (Wildman–Crippen LogP) is 3.37. The van der Waals surface area contributed by atoms with E-state index in [0.717, 1.165) is 11.3 Å². The molecule has 0 bridgehead atoms. The molecule has 0 radical (unpaired) electrons. The average molecular weight is 305 g/mol. The summed E-state index contributed by atoms with van der Waals surface area (Å²) >= 11 is 0. The first-order valence-corrected chi connectivity index (χ1v) is 7.45. The van der Waals surface area contributed by atoms with Gasteiger partial charge in [0.2, 0.25) is 0 Å². The highest BCUT2D eigenvalue weighted by Crippen LogP contribution is 2.26. The van der Waals surface area contributed by atoms with Crippen molar-refractivity contribution >= 4 is 12.0 Å². The number of pyridine rings is 1. The summed E-state index contributed by atoms with van der Waals surface area (Å²) in [6.45, 7) is 7.59. The Kier molecular flexibility index (Phi) is 7.43. The van der Waals surface area contributed by atoms with E-state index in [-0.39, 0.29) is 12.5 Å². The highest BCUT2D eigenvalue weighted by atomic mass is 19.1. The largest absolute Gasteiger partial charge is 0.387 e. The van der Waals surface area contributed by atoms with Crippen molar-refractivity contribution in [1.29, 1.82) is 0 Å². The lowest BCUT2D eigenvalue weighted by Gasteiger charge is -2.15. The Morgan fingerprint density at radius 3 is 2.77 bits per heavy atom. The third kappa shape index (κ3) is 5.39. The van der Waals surface area contributed by atoms with Crippen molar-refractivity contribution in [3.63, 3.8) is 0 Å². The standard InChI is InChI=1S/C17H24FN3O/c1-12(2)16-9-15(5-7-20-16)14(4)17(10-19-8-6-18)21-13(3)11-22/h5,7,9-12,14,19H,6,8H2,1-4H3. The number of hydrogen-bond donors (Lipinski definition) is 1. The van der Waals surface area contributed by atoms with Crippen molar-refractivity contribution < 1.29 is 9.18 Å². The molecule has 1 N–H and O–H groups in total. The van der Waals surface area contributed by atoms with Crippen molar-refractivity contribution in [2.24, 2.45) is 4.99 Å². The van der Waals surface area contributed by atoms with Crippen LogP contribution in [-0.2, 0) is 4.79 Å². The normalized spacial score (nSPS) is 14.1. The van der Waals surface area contributed by atoms with E-state index >= 15 is 0 Å². The molecule has 0 aliphatic heterocycles. The maximum atomic E-state index is 12.2. The van der Waals surface area contributed by atoms with Crippen LogP contribution in [0.2, 0.25) is 0 Å². The first-order chi connectivity index (χ1) is 10.5. The summed E-state index contributed by atoms with van der Waals surface area (Å²) in [7, 11) is 0. The molecule has 1 atom stereocenters. The van der Waals surface area contributed by atoms with Crippen LogP contribution in [0.25, 0.3) is 0 Å². The fourth-order valence-corrected chi connectivity index (χ4v) is 1.94. The molecule has 0 saturated carbocycles. The highest BCUT2D eigenvalue weighted by molar-refractivity contribution is 6.27. The zero-order valence-corrected chi connectivity index (χ0v) is 13.6. The number of aliphatic imine (C=N–C) groups is 1. The first-order valence-electron chi connectivity index (χ1n) is 7.45. The van der Waals surface area contributed by atoms with Crippen molar-refractivity contribution in [3.05, 3.63) is 41.5 Å². The van der Waals surface area contributed by atoms with Gasteiger partial charge in [0.1, 0.15) is 6.67 Å². The van der Waals surface area contributed by atoms with Gasteiger partial charge >= 0.3 is 0 Å². The second-order valence-electron chi connectivity index (χ2n) is 5.47. The molecule has 4 nitrogen and oxygen atoms in total. The minimum atomic E-state index is -0.457. The number of carbonyl (C=O) groups is 1. The number of rotatable bonds is 8. The number of aldehydes is 1. The average Bonchev–Trinajstić information content (AvgIpc) is 2.53. The summed E-state index contributed by atoms with van der Waals surface area (Å²) < 4.78 is 12.2.